The molecule has 3 aromatic rings. The molecular formula is C17H22N4. The lowest BCUT2D eigenvalue weighted by Crippen LogP contribution is -2.16. The lowest BCUT2D eigenvalue weighted by Gasteiger charge is -2.08. The Hall–Kier alpha value is -2.07. The van der Waals surface area contributed by atoms with E-state index < -0.39 is 0 Å². The molecule has 3 rings (SSSR count). The van der Waals surface area contributed by atoms with Crippen molar-refractivity contribution in [3.8, 4) is 0 Å². The van der Waals surface area contributed by atoms with Crippen LogP contribution in [-0.2, 0) is 27.2 Å². The number of aromatic nitrogens is 3. The molecule has 0 aliphatic heterocycles. The molecule has 2 aromatic heterocycles. The van der Waals surface area contributed by atoms with Crippen LogP contribution in [0.3, 0.4) is 0 Å². The SMILES string of the molecule is Cc1c(CNCc2cnn(C)c2C)n(C)c2ccccc12. The number of fused-ring (bicyclic) bond motifs is 1. The minimum Gasteiger partial charge on any atom is -0.346 e. The quantitative estimate of drug-likeness (QED) is 0.798. The Balaban J connectivity index is 1.78. The van der Waals surface area contributed by atoms with Gasteiger partial charge in [0.15, 0.2) is 0 Å². The monoisotopic (exact) mass is 282 g/mol. The number of hydrogen-bond acceptors (Lipinski definition) is 2. The summed E-state index contributed by atoms with van der Waals surface area (Å²) in [6, 6.07) is 8.57. The number of aryl methyl sites for hydroxylation is 3. The molecule has 2 heterocycles. The molecule has 0 unspecified atom stereocenters. The third-order valence-electron chi connectivity index (χ3n) is 4.45. The standard InChI is InChI=1S/C17H22N4/c1-12-15-7-5-6-8-16(15)20(3)17(12)11-18-9-14-10-19-21(4)13(14)2/h5-8,10,18H,9,11H2,1-4H3. The van der Waals surface area contributed by atoms with Gasteiger partial charge in [0.25, 0.3) is 0 Å². The van der Waals surface area contributed by atoms with Crippen LogP contribution in [0.25, 0.3) is 10.9 Å². The van der Waals surface area contributed by atoms with Gasteiger partial charge >= 0.3 is 0 Å². The summed E-state index contributed by atoms with van der Waals surface area (Å²) in [5.74, 6) is 0. The van der Waals surface area contributed by atoms with Crippen molar-refractivity contribution in [3.63, 3.8) is 0 Å². The predicted octanol–water partition coefficient (Wildman–Crippen LogP) is 2.82. The molecule has 4 heteroatoms. The molecule has 0 saturated heterocycles. The van der Waals surface area contributed by atoms with Crippen molar-refractivity contribution in [1.29, 1.82) is 0 Å². The molecule has 0 radical (unpaired) electrons. The summed E-state index contributed by atoms with van der Waals surface area (Å²) in [6.45, 7) is 6.02. The second-order valence-corrected chi connectivity index (χ2v) is 5.63. The van der Waals surface area contributed by atoms with E-state index in [0.29, 0.717) is 0 Å². The van der Waals surface area contributed by atoms with Crippen molar-refractivity contribution >= 4 is 10.9 Å². The van der Waals surface area contributed by atoms with E-state index in [1.54, 1.807) is 0 Å². The van der Waals surface area contributed by atoms with Crippen molar-refractivity contribution < 1.29 is 0 Å². The van der Waals surface area contributed by atoms with Crippen LogP contribution in [0.4, 0.5) is 0 Å². The number of nitrogens with zero attached hydrogens (tertiary/aromatic N) is 3. The molecule has 0 fully saturated rings. The summed E-state index contributed by atoms with van der Waals surface area (Å²) >= 11 is 0. The van der Waals surface area contributed by atoms with Crippen molar-refractivity contribution in [2.75, 3.05) is 0 Å². The maximum Gasteiger partial charge on any atom is 0.0537 e. The molecule has 0 bridgehead atoms. The van der Waals surface area contributed by atoms with Crippen LogP contribution in [-0.4, -0.2) is 14.3 Å². The first-order valence-electron chi connectivity index (χ1n) is 7.30. The lowest BCUT2D eigenvalue weighted by molar-refractivity contribution is 0.652. The van der Waals surface area contributed by atoms with Gasteiger partial charge in [-0.15, -0.1) is 0 Å². The van der Waals surface area contributed by atoms with Gasteiger partial charge in [-0.05, 0) is 25.5 Å². The van der Waals surface area contributed by atoms with Crippen molar-refractivity contribution in [1.82, 2.24) is 19.7 Å². The molecule has 21 heavy (non-hydrogen) atoms. The van der Waals surface area contributed by atoms with E-state index >= 15 is 0 Å². The first-order chi connectivity index (χ1) is 10.1. The van der Waals surface area contributed by atoms with E-state index in [4.69, 9.17) is 0 Å². The second-order valence-electron chi connectivity index (χ2n) is 5.63. The van der Waals surface area contributed by atoms with Crippen LogP contribution < -0.4 is 5.32 Å². The maximum absolute atomic E-state index is 4.28. The van der Waals surface area contributed by atoms with Crippen LogP contribution in [0, 0.1) is 13.8 Å². The van der Waals surface area contributed by atoms with Crippen molar-refractivity contribution in [3.05, 3.63) is 53.0 Å². The zero-order valence-electron chi connectivity index (χ0n) is 13.1. The maximum atomic E-state index is 4.28. The average Bonchev–Trinajstić information content (AvgIpc) is 2.93. The molecule has 0 aliphatic rings. The summed E-state index contributed by atoms with van der Waals surface area (Å²) < 4.78 is 4.20. The highest BCUT2D eigenvalue weighted by molar-refractivity contribution is 5.85. The second kappa shape index (κ2) is 5.37. The fraction of sp³-hybridized carbons (Fsp3) is 0.353. The number of hydrogen-bond donors (Lipinski definition) is 1. The summed E-state index contributed by atoms with van der Waals surface area (Å²) in [6.07, 6.45) is 1.94. The fourth-order valence-corrected chi connectivity index (χ4v) is 2.92. The summed E-state index contributed by atoms with van der Waals surface area (Å²) in [4.78, 5) is 0. The Labute approximate surface area is 125 Å². The predicted molar refractivity (Wildman–Crippen MR) is 86.1 cm³/mol. The number of benzene rings is 1. The Morgan fingerprint density at radius 2 is 1.86 bits per heavy atom. The fourth-order valence-electron chi connectivity index (χ4n) is 2.92. The highest BCUT2D eigenvalue weighted by atomic mass is 15.3. The van der Waals surface area contributed by atoms with Gasteiger partial charge in [0.2, 0.25) is 0 Å². The first-order valence-corrected chi connectivity index (χ1v) is 7.30. The Bertz CT molecular complexity index is 741. The van der Waals surface area contributed by atoms with Gasteiger partial charge in [-0.3, -0.25) is 4.68 Å². The average molecular weight is 282 g/mol. The Morgan fingerprint density at radius 1 is 1.10 bits per heavy atom. The van der Waals surface area contributed by atoms with Crippen LogP contribution in [0.5, 0.6) is 0 Å². The van der Waals surface area contributed by atoms with Gasteiger partial charge in [0.05, 0.1) is 6.20 Å². The van der Waals surface area contributed by atoms with Gasteiger partial charge in [-0.25, -0.2) is 0 Å². The van der Waals surface area contributed by atoms with Gasteiger partial charge in [-0.1, -0.05) is 18.2 Å². The minimum absolute atomic E-state index is 0.848. The topological polar surface area (TPSA) is 34.8 Å². The molecule has 0 amide bonds. The van der Waals surface area contributed by atoms with Crippen LogP contribution in [0.1, 0.15) is 22.5 Å². The van der Waals surface area contributed by atoms with Crippen LogP contribution >= 0.6 is 0 Å². The third kappa shape index (κ3) is 2.36. The summed E-state index contributed by atoms with van der Waals surface area (Å²) in [5, 5.41) is 9.17. The van der Waals surface area contributed by atoms with Crippen molar-refractivity contribution in [2.24, 2.45) is 14.1 Å². The lowest BCUT2D eigenvalue weighted by atomic mass is 10.1. The van der Waals surface area contributed by atoms with E-state index in [9.17, 15) is 0 Å². The molecule has 0 aliphatic carbocycles. The number of para-hydroxylation sites is 1. The smallest absolute Gasteiger partial charge is 0.0537 e. The first kappa shape index (κ1) is 13.9. The summed E-state index contributed by atoms with van der Waals surface area (Å²) in [7, 11) is 4.12. The van der Waals surface area contributed by atoms with Gasteiger partial charge in [0.1, 0.15) is 0 Å². The van der Waals surface area contributed by atoms with E-state index in [1.807, 2.05) is 17.9 Å². The van der Waals surface area contributed by atoms with Crippen LogP contribution in [0.15, 0.2) is 30.5 Å². The molecule has 4 nitrogen and oxygen atoms in total. The normalized spacial score (nSPS) is 11.4. The van der Waals surface area contributed by atoms with Gasteiger partial charge in [0, 0.05) is 55.0 Å². The van der Waals surface area contributed by atoms with Crippen LogP contribution in [0.2, 0.25) is 0 Å². The Morgan fingerprint density at radius 3 is 2.52 bits per heavy atom. The zero-order valence-corrected chi connectivity index (χ0v) is 13.1. The van der Waals surface area contributed by atoms with E-state index in [2.05, 4.69) is 60.1 Å². The van der Waals surface area contributed by atoms with E-state index in [0.717, 1.165) is 13.1 Å². The summed E-state index contributed by atoms with van der Waals surface area (Å²) in [5.41, 5.74) is 6.48. The van der Waals surface area contributed by atoms with Gasteiger partial charge in [-0.2, -0.15) is 5.10 Å². The largest absolute Gasteiger partial charge is 0.346 e. The molecule has 0 saturated carbocycles. The molecular weight excluding hydrogens is 260 g/mol. The molecule has 110 valence electrons. The minimum atomic E-state index is 0.848. The van der Waals surface area contributed by atoms with E-state index in [1.165, 1.54) is 33.4 Å². The Kier molecular flexibility index (Phi) is 3.55. The zero-order chi connectivity index (χ0) is 15.0. The molecule has 1 aromatic carbocycles. The molecule has 0 spiro atoms. The number of rotatable bonds is 4. The van der Waals surface area contributed by atoms with E-state index in [-0.39, 0.29) is 0 Å². The van der Waals surface area contributed by atoms with Gasteiger partial charge < -0.3 is 9.88 Å². The highest BCUT2D eigenvalue weighted by Crippen LogP contribution is 2.24. The third-order valence-corrected chi connectivity index (χ3v) is 4.45. The highest BCUT2D eigenvalue weighted by Gasteiger charge is 2.11. The number of nitrogens with one attached hydrogen (secondary N) is 1. The molecule has 1 N–H and O–H groups in total. The van der Waals surface area contributed by atoms with Crippen molar-refractivity contribution in [2.45, 2.75) is 26.9 Å². The molecule has 0 atom stereocenters.